The highest BCUT2D eigenvalue weighted by Gasteiger charge is 2.29. The molecule has 16 heavy (non-hydrogen) atoms. The summed E-state index contributed by atoms with van der Waals surface area (Å²) in [6, 6.07) is 0.132. The molecule has 0 aromatic heterocycles. The molecule has 1 saturated carbocycles. The fourth-order valence-electron chi connectivity index (χ4n) is 2.16. The van der Waals surface area contributed by atoms with Crippen molar-refractivity contribution in [2.75, 3.05) is 0 Å². The third-order valence-corrected chi connectivity index (χ3v) is 3.01. The lowest BCUT2D eigenvalue weighted by atomic mass is 9.87. The van der Waals surface area contributed by atoms with Crippen LogP contribution in [0.4, 0.5) is 4.79 Å². The van der Waals surface area contributed by atoms with E-state index in [1.54, 1.807) is 0 Å². The van der Waals surface area contributed by atoms with Crippen LogP contribution in [0.15, 0.2) is 0 Å². The van der Waals surface area contributed by atoms with Crippen molar-refractivity contribution in [2.24, 2.45) is 5.92 Å². The molecule has 2 N–H and O–H groups in total. The Labute approximate surface area is 98.0 Å². The summed E-state index contributed by atoms with van der Waals surface area (Å²) in [4.78, 5) is 11.2. The van der Waals surface area contributed by atoms with E-state index in [0.717, 1.165) is 31.6 Å². The van der Waals surface area contributed by atoms with Gasteiger partial charge in [0.25, 0.3) is 0 Å². The Morgan fingerprint density at radius 2 is 1.75 bits per heavy atom. The van der Waals surface area contributed by atoms with E-state index in [9.17, 15) is 9.90 Å². The van der Waals surface area contributed by atoms with Crippen LogP contribution in [-0.4, -0.2) is 27.8 Å². The molecule has 1 amide bonds. The number of carboxylic acid groups (broad SMARTS) is 1. The lowest BCUT2D eigenvalue weighted by molar-refractivity contribution is 0.0484. The van der Waals surface area contributed by atoms with Crippen molar-refractivity contribution in [1.29, 1.82) is 0 Å². The first-order valence-electron chi connectivity index (χ1n) is 6.09. The third-order valence-electron chi connectivity index (χ3n) is 3.01. The van der Waals surface area contributed by atoms with E-state index in [0.29, 0.717) is 0 Å². The van der Waals surface area contributed by atoms with E-state index >= 15 is 0 Å². The number of hydrogen-bond acceptors (Lipinski definition) is 2. The fraction of sp³-hybridized carbons (Fsp3) is 0.917. The molecular formula is C12H24N2O2. The number of hydrazine groups is 1. The molecule has 0 aliphatic heterocycles. The minimum absolute atomic E-state index is 0.132. The van der Waals surface area contributed by atoms with Crippen molar-refractivity contribution in [3.63, 3.8) is 0 Å². The van der Waals surface area contributed by atoms with Crippen molar-refractivity contribution in [2.45, 2.75) is 65.0 Å². The number of nitrogens with zero attached hydrogens (tertiary/aromatic N) is 1. The highest BCUT2D eigenvalue weighted by molar-refractivity contribution is 5.64. The van der Waals surface area contributed by atoms with Gasteiger partial charge in [-0.25, -0.2) is 15.2 Å². The smallest absolute Gasteiger partial charge is 0.422 e. The van der Waals surface area contributed by atoms with Gasteiger partial charge in [-0.05, 0) is 52.4 Å². The molecule has 0 atom stereocenters. The maximum Gasteiger partial charge on any atom is 0.422 e. The van der Waals surface area contributed by atoms with Gasteiger partial charge in [0.15, 0.2) is 0 Å². The highest BCUT2D eigenvalue weighted by Crippen LogP contribution is 2.26. The van der Waals surface area contributed by atoms with Crippen LogP contribution in [0.5, 0.6) is 0 Å². The highest BCUT2D eigenvalue weighted by atomic mass is 16.4. The molecule has 4 heteroatoms. The maximum absolute atomic E-state index is 11.2. The van der Waals surface area contributed by atoms with Gasteiger partial charge in [-0.1, -0.05) is 6.92 Å². The molecule has 0 radical (unpaired) electrons. The molecule has 0 unspecified atom stereocenters. The number of carbonyl (C=O) groups is 1. The second-order valence-electron chi connectivity index (χ2n) is 5.93. The van der Waals surface area contributed by atoms with Crippen LogP contribution in [0.3, 0.4) is 0 Å². The minimum Gasteiger partial charge on any atom is -0.464 e. The van der Waals surface area contributed by atoms with Gasteiger partial charge in [0.05, 0.1) is 6.04 Å². The number of rotatable bonds is 2. The summed E-state index contributed by atoms with van der Waals surface area (Å²) in [7, 11) is 0. The second kappa shape index (κ2) is 5.04. The van der Waals surface area contributed by atoms with E-state index in [1.807, 2.05) is 20.8 Å². The van der Waals surface area contributed by atoms with Crippen LogP contribution in [-0.2, 0) is 0 Å². The van der Waals surface area contributed by atoms with Gasteiger partial charge in [0.1, 0.15) is 0 Å². The number of hydrogen-bond donors (Lipinski definition) is 2. The van der Waals surface area contributed by atoms with Crippen molar-refractivity contribution in [3.8, 4) is 0 Å². The molecule has 1 rings (SSSR count). The van der Waals surface area contributed by atoms with Crippen LogP contribution < -0.4 is 5.43 Å². The number of amides is 1. The Morgan fingerprint density at radius 3 is 2.12 bits per heavy atom. The Morgan fingerprint density at radius 1 is 1.25 bits per heavy atom. The van der Waals surface area contributed by atoms with E-state index in [1.165, 1.54) is 5.01 Å². The standard InChI is InChI=1S/C12H24N2O2/c1-9-5-7-10(8-6-9)14(11(15)16)13-12(2,3)4/h9-10,13H,5-8H2,1-4H3,(H,15,16). The maximum atomic E-state index is 11.2. The monoisotopic (exact) mass is 228 g/mol. The summed E-state index contributed by atoms with van der Waals surface area (Å²) in [5.41, 5.74) is 2.87. The van der Waals surface area contributed by atoms with Crippen LogP contribution >= 0.6 is 0 Å². The average molecular weight is 228 g/mol. The zero-order valence-electron chi connectivity index (χ0n) is 10.8. The molecule has 0 aromatic rings. The van der Waals surface area contributed by atoms with Crippen LogP contribution in [0.25, 0.3) is 0 Å². The zero-order chi connectivity index (χ0) is 12.3. The summed E-state index contributed by atoms with van der Waals surface area (Å²) in [5, 5.41) is 10.6. The summed E-state index contributed by atoms with van der Waals surface area (Å²) < 4.78 is 0. The summed E-state index contributed by atoms with van der Waals surface area (Å²) >= 11 is 0. The minimum atomic E-state index is -0.866. The van der Waals surface area contributed by atoms with Crippen LogP contribution in [0.2, 0.25) is 0 Å². The molecule has 0 spiro atoms. The predicted molar refractivity (Wildman–Crippen MR) is 64.2 cm³/mol. The Bertz CT molecular complexity index is 240. The molecule has 1 fully saturated rings. The fourth-order valence-corrected chi connectivity index (χ4v) is 2.16. The van der Waals surface area contributed by atoms with Gasteiger partial charge < -0.3 is 5.11 Å². The van der Waals surface area contributed by atoms with Gasteiger partial charge in [-0.15, -0.1) is 0 Å². The summed E-state index contributed by atoms with van der Waals surface area (Å²) in [6.45, 7) is 8.18. The second-order valence-corrected chi connectivity index (χ2v) is 5.93. The topological polar surface area (TPSA) is 52.6 Å². The molecule has 0 heterocycles. The number of nitrogens with one attached hydrogen (secondary N) is 1. The summed E-state index contributed by atoms with van der Waals surface area (Å²) in [6.07, 6.45) is 3.32. The molecule has 0 bridgehead atoms. The Balaban J connectivity index is 2.60. The zero-order valence-corrected chi connectivity index (χ0v) is 10.8. The molecule has 0 aromatic carbocycles. The average Bonchev–Trinajstić information content (AvgIpc) is 2.14. The van der Waals surface area contributed by atoms with Crippen molar-refractivity contribution in [1.82, 2.24) is 10.4 Å². The molecule has 1 aliphatic rings. The Kier molecular flexibility index (Phi) is 4.19. The predicted octanol–water partition coefficient (Wildman–Crippen LogP) is 2.85. The molecule has 1 aliphatic carbocycles. The van der Waals surface area contributed by atoms with Gasteiger partial charge in [-0.3, -0.25) is 0 Å². The van der Waals surface area contributed by atoms with Crippen LogP contribution in [0.1, 0.15) is 53.4 Å². The van der Waals surface area contributed by atoms with Crippen molar-refractivity contribution < 1.29 is 9.90 Å². The lowest BCUT2D eigenvalue weighted by Gasteiger charge is -2.38. The first-order chi connectivity index (χ1) is 7.29. The first kappa shape index (κ1) is 13.3. The third kappa shape index (κ3) is 4.00. The molecule has 0 saturated heterocycles. The van der Waals surface area contributed by atoms with Crippen LogP contribution in [0, 0.1) is 5.92 Å². The van der Waals surface area contributed by atoms with Gasteiger partial charge in [-0.2, -0.15) is 0 Å². The van der Waals surface area contributed by atoms with E-state index in [-0.39, 0.29) is 11.6 Å². The normalized spacial score (nSPS) is 26.5. The lowest BCUT2D eigenvalue weighted by Crippen LogP contribution is -2.56. The van der Waals surface area contributed by atoms with Gasteiger partial charge in [0, 0.05) is 5.54 Å². The largest absolute Gasteiger partial charge is 0.464 e. The first-order valence-corrected chi connectivity index (χ1v) is 6.09. The Hall–Kier alpha value is -0.770. The molecule has 94 valence electrons. The van der Waals surface area contributed by atoms with E-state index in [4.69, 9.17) is 0 Å². The quantitative estimate of drug-likeness (QED) is 0.715. The SMILES string of the molecule is CC1CCC(N(NC(C)(C)C)C(=O)O)CC1. The van der Waals surface area contributed by atoms with Gasteiger partial charge in [0.2, 0.25) is 0 Å². The van der Waals surface area contributed by atoms with E-state index < -0.39 is 6.09 Å². The summed E-state index contributed by atoms with van der Waals surface area (Å²) in [5.74, 6) is 0.738. The van der Waals surface area contributed by atoms with Gasteiger partial charge >= 0.3 is 6.09 Å². The molecular weight excluding hydrogens is 204 g/mol. The van der Waals surface area contributed by atoms with E-state index in [2.05, 4.69) is 12.3 Å². The molecule has 4 nitrogen and oxygen atoms in total. The van der Waals surface area contributed by atoms with Crippen molar-refractivity contribution in [3.05, 3.63) is 0 Å². The van der Waals surface area contributed by atoms with Crippen molar-refractivity contribution >= 4 is 6.09 Å².